The molecule has 1 aromatic carbocycles. The van der Waals surface area contributed by atoms with Crippen molar-refractivity contribution in [3.8, 4) is 0 Å². The molecule has 0 saturated heterocycles. The van der Waals surface area contributed by atoms with Gasteiger partial charge in [0.25, 0.3) is 5.69 Å². The van der Waals surface area contributed by atoms with E-state index in [1.807, 2.05) is 0 Å². The fourth-order valence-corrected chi connectivity index (χ4v) is 1.03. The summed E-state index contributed by atoms with van der Waals surface area (Å²) in [5, 5.41) is 19.0. The first-order chi connectivity index (χ1) is 6.52. The number of benzene rings is 1. The molecular formula is C9H10ClNO4. The number of halogens is 1. The van der Waals surface area contributed by atoms with Crippen molar-refractivity contribution in [2.24, 2.45) is 0 Å². The van der Waals surface area contributed by atoms with Crippen LogP contribution in [-0.2, 0) is 4.79 Å². The number of non-ortho nitro benzene ring substituents is 1. The van der Waals surface area contributed by atoms with Gasteiger partial charge in [-0.1, -0.05) is 12.1 Å². The molecule has 15 heavy (non-hydrogen) atoms. The fourth-order valence-electron chi connectivity index (χ4n) is 1.03. The van der Waals surface area contributed by atoms with Crippen LogP contribution in [0, 0.1) is 10.1 Å². The summed E-state index contributed by atoms with van der Waals surface area (Å²) in [5.74, 6) is -1.59. The monoisotopic (exact) mass is 231 g/mol. The van der Waals surface area contributed by atoms with Gasteiger partial charge in [0, 0.05) is 12.1 Å². The Morgan fingerprint density at radius 2 is 1.87 bits per heavy atom. The molecule has 0 aliphatic rings. The normalized spacial score (nSPS) is 11.3. The summed E-state index contributed by atoms with van der Waals surface area (Å²) in [6, 6.07) is 5.51. The molecule has 0 heterocycles. The molecule has 0 bridgehead atoms. The van der Waals surface area contributed by atoms with E-state index in [9.17, 15) is 14.9 Å². The lowest BCUT2D eigenvalue weighted by atomic mass is 10.0. The van der Waals surface area contributed by atoms with Crippen molar-refractivity contribution in [3.05, 3.63) is 39.9 Å². The van der Waals surface area contributed by atoms with Crippen molar-refractivity contribution in [1.29, 1.82) is 0 Å². The van der Waals surface area contributed by atoms with E-state index >= 15 is 0 Å². The Morgan fingerprint density at radius 1 is 1.40 bits per heavy atom. The van der Waals surface area contributed by atoms with Gasteiger partial charge in [0.1, 0.15) is 0 Å². The Labute approximate surface area is 92.3 Å². The number of carboxylic acids is 1. The van der Waals surface area contributed by atoms with Crippen molar-refractivity contribution in [1.82, 2.24) is 0 Å². The summed E-state index contributed by atoms with van der Waals surface area (Å²) in [7, 11) is 0. The molecule has 0 aromatic heterocycles. The number of rotatable bonds is 3. The van der Waals surface area contributed by atoms with Gasteiger partial charge in [-0.25, -0.2) is 0 Å². The van der Waals surface area contributed by atoms with Gasteiger partial charge < -0.3 is 5.11 Å². The third kappa shape index (κ3) is 3.21. The maximum Gasteiger partial charge on any atom is 0.310 e. The van der Waals surface area contributed by atoms with Crippen LogP contribution in [0.25, 0.3) is 0 Å². The van der Waals surface area contributed by atoms with E-state index in [-0.39, 0.29) is 18.1 Å². The van der Waals surface area contributed by atoms with Gasteiger partial charge in [-0.2, -0.15) is 0 Å². The highest BCUT2D eigenvalue weighted by molar-refractivity contribution is 5.85. The molecule has 1 rings (SSSR count). The average molecular weight is 232 g/mol. The van der Waals surface area contributed by atoms with E-state index in [4.69, 9.17) is 5.11 Å². The Morgan fingerprint density at radius 3 is 2.20 bits per heavy atom. The second-order valence-electron chi connectivity index (χ2n) is 2.91. The van der Waals surface area contributed by atoms with Gasteiger partial charge in [-0.05, 0) is 12.5 Å². The standard InChI is InChI=1S/C9H9NO4.ClH/c1-6(9(11)12)7-2-4-8(5-3-7)10(13)14;/h2-6H,1H3,(H,11,12);1H. The van der Waals surface area contributed by atoms with Crippen molar-refractivity contribution in [3.63, 3.8) is 0 Å². The van der Waals surface area contributed by atoms with Crippen molar-refractivity contribution < 1.29 is 14.8 Å². The molecular weight excluding hydrogens is 222 g/mol. The number of nitro groups is 1. The minimum atomic E-state index is -0.946. The third-order valence-corrected chi connectivity index (χ3v) is 1.97. The lowest BCUT2D eigenvalue weighted by Crippen LogP contribution is -2.07. The Bertz CT molecular complexity index is 363. The molecule has 1 unspecified atom stereocenters. The molecule has 82 valence electrons. The fraction of sp³-hybridized carbons (Fsp3) is 0.222. The number of hydrogen-bond donors (Lipinski definition) is 1. The largest absolute Gasteiger partial charge is 0.481 e. The van der Waals surface area contributed by atoms with Crippen molar-refractivity contribution in [2.45, 2.75) is 12.8 Å². The topological polar surface area (TPSA) is 80.4 Å². The zero-order chi connectivity index (χ0) is 10.7. The lowest BCUT2D eigenvalue weighted by Gasteiger charge is -2.04. The highest BCUT2D eigenvalue weighted by atomic mass is 35.5. The van der Waals surface area contributed by atoms with E-state index in [1.54, 1.807) is 0 Å². The number of nitro benzene ring substituents is 1. The van der Waals surface area contributed by atoms with Crippen LogP contribution < -0.4 is 0 Å². The van der Waals surface area contributed by atoms with E-state index < -0.39 is 16.8 Å². The number of hydrogen-bond acceptors (Lipinski definition) is 3. The highest BCUT2D eigenvalue weighted by Gasteiger charge is 2.14. The SMILES string of the molecule is CC(C(=O)O)c1ccc([N+](=O)[O-])cc1.Cl. The third-order valence-electron chi connectivity index (χ3n) is 1.97. The molecule has 0 spiro atoms. The van der Waals surface area contributed by atoms with Crippen molar-refractivity contribution >= 4 is 24.1 Å². The maximum absolute atomic E-state index is 10.6. The molecule has 5 nitrogen and oxygen atoms in total. The smallest absolute Gasteiger partial charge is 0.310 e. The van der Waals surface area contributed by atoms with Gasteiger partial charge >= 0.3 is 5.97 Å². The molecule has 6 heteroatoms. The molecule has 0 aliphatic carbocycles. The first kappa shape index (κ1) is 13.4. The molecule has 0 amide bonds. The minimum Gasteiger partial charge on any atom is -0.481 e. The summed E-state index contributed by atoms with van der Waals surface area (Å²) < 4.78 is 0. The molecule has 1 N–H and O–H groups in total. The second-order valence-corrected chi connectivity index (χ2v) is 2.91. The number of carbonyl (C=O) groups is 1. The molecule has 0 aliphatic heterocycles. The van der Waals surface area contributed by atoms with Gasteiger partial charge in [0.2, 0.25) is 0 Å². The van der Waals surface area contributed by atoms with Gasteiger partial charge in [0.15, 0.2) is 0 Å². The van der Waals surface area contributed by atoms with Crippen LogP contribution in [-0.4, -0.2) is 16.0 Å². The van der Waals surface area contributed by atoms with Crippen LogP contribution in [0.1, 0.15) is 18.4 Å². The minimum absolute atomic E-state index is 0. The van der Waals surface area contributed by atoms with Crippen LogP contribution in [0.4, 0.5) is 5.69 Å². The molecule has 0 radical (unpaired) electrons. The summed E-state index contributed by atoms with van der Waals surface area (Å²) >= 11 is 0. The predicted octanol–water partition coefficient (Wildman–Crippen LogP) is 2.20. The van der Waals surface area contributed by atoms with Crippen LogP contribution in [0.15, 0.2) is 24.3 Å². The van der Waals surface area contributed by atoms with E-state index in [2.05, 4.69) is 0 Å². The maximum atomic E-state index is 10.6. The number of aliphatic carboxylic acids is 1. The Hall–Kier alpha value is -1.62. The van der Waals surface area contributed by atoms with Gasteiger partial charge in [-0.3, -0.25) is 14.9 Å². The van der Waals surface area contributed by atoms with Crippen LogP contribution in [0.3, 0.4) is 0 Å². The highest BCUT2D eigenvalue weighted by Crippen LogP contribution is 2.18. The zero-order valence-corrected chi connectivity index (χ0v) is 8.73. The second kappa shape index (κ2) is 5.31. The molecule has 1 atom stereocenters. The summed E-state index contributed by atoms with van der Waals surface area (Å²) in [6.07, 6.45) is 0. The van der Waals surface area contributed by atoms with Crippen LogP contribution in [0.5, 0.6) is 0 Å². The van der Waals surface area contributed by atoms with E-state index in [1.165, 1.54) is 31.2 Å². The summed E-state index contributed by atoms with van der Waals surface area (Å²) in [6.45, 7) is 1.53. The van der Waals surface area contributed by atoms with Crippen LogP contribution in [0.2, 0.25) is 0 Å². The van der Waals surface area contributed by atoms with Crippen LogP contribution >= 0.6 is 12.4 Å². The lowest BCUT2D eigenvalue weighted by molar-refractivity contribution is -0.384. The van der Waals surface area contributed by atoms with E-state index in [0.29, 0.717) is 5.56 Å². The van der Waals surface area contributed by atoms with Crippen molar-refractivity contribution in [2.75, 3.05) is 0 Å². The summed E-state index contributed by atoms with van der Waals surface area (Å²) in [5.41, 5.74) is 0.523. The molecule has 0 fully saturated rings. The predicted molar refractivity (Wildman–Crippen MR) is 56.4 cm³/mol. The molecule has 1 aromatic rings. The zero-order valence-electron chi connectivity index (χ0n) is 7.91. The Balaban J connectivity index is 0.00000196. The van der Waals surface area contributed by atoms with E-state index in [0.717, 1.165) is 0 Å². The number of nitrogens with zero attached hydrogens (tertiary/aromatic N) is 1. The quantitative estimate of drug-likeness (QED) is 0.639. The van der Waals surface area contributed by atoms with Gasteiger partial charge in [-0.15, -0.1) is 12.4 Å². The average Bonchev–Trinajstić information content (AvgIpc) is 2.16. The first-order valence-electron chi connectivity index (χ1n) is 3.99. The number of carboxylic acid groups (broad SMARTS) is 1. The first-order valence-corrected chi connectivity index (χ1v) is 3.99. The summed E-state index contributed by atoms with van der Waals surface area (Å²) in [4.78, 5) is 20.4. The van der Waals surface area contributed by atoms with Gasteiger partial charge in [0.05, 0.1) is 10.8 Å². The Kier molecular flexibility index (Phi) is 4.73. The molecule has 0 saturated carbocycles.